The lowest BCUT2D eigenvalue weighted by atomic mass is 9.97. The van der Waals surface area contributed by atoms with E-state index in [9.17, 15) is 9.59 Å². The van der Waals surface area contributed by atoms with Gasteiger partial charge in [-0.25, -0.2) is 0 Å². The van der Waals surface area contributed by atoms with Crippen LogP contribution >= 0.6 is 0 Å². The van der Waals surface area contributed by atoms with E-state index in [0.29, 0.717) is 12.3 Å². The zero-order valence-electron chi connectivity index (χ0n) is 11.6. The normalized spacial score (nSPS) is 21.6. The average molecular weight is 276 g/mol. The van der Waals surface area contributed by atoms with Crippen LogP contribution in [-0.4, -0.2) is 30.1 Å². The summed E-state index contributed by atoms with van der Waals surface area (Å²) in [6.07, 6.45) is 0.629. The van der Waals surface area contributed by atoms with Crippen molar-refractivity contribution in [2.45, 2.75) is 19.8 Å². The van der Waals surface area contributed by atoms with E-state index in [0.717, 1.165) is 24.3 Å². The molecule has 0 unspecified atom stereocenters. The van der Waals surface area contributed by atoms with Gasteiger partial charge < -0.3 is 15.7 Å². The molecular formula is C15H20N2O3. The van der Waals surface area contributed by atoms with Crippen LogP contribution in [0.5, 0.6) is 0 Å². The van der Waals surface area contributed by atoms with E-state index in [4.69, 9.17) is 5.11 Å². The van der Waals surface area contributed by atoms with Crippen molar-refractivity contribution in [3.05, 3.63) is 29.8 Å². The number of anilines is 1. The molecule has 0 spiro atoms. The molecule has 0 aromatic heterocycles. The molecule has 1 fully saturated rings. The lowest BCUT2D eigenvalue weighted by Crippen LogP contribution is -2.27. The van der Waals surface area contributed by atoms with E-state index in [1.54, 1.807) is 0 Å². The van der Waals surface area contributed by atoms with E-state index in [2.05, 4.69) is 17.6 Å². The fourth-order valence-corrected chi connectivity index (χ4v) is 2.40. The SMILES string of the molecule is C[C@@H]1CNC[C@H]1C(=O)Nc1ccc(CCC(=O)O)cc1. The first-order valence-electron chi connectivity index (χ1n) is 6.88. The Morgan fingerprint density at radius 2 is 2.00 bits per heavy atom. The maximum atomic E-state index is 12.1. The number of carbonyl (C=O) groups is 2. The number of benzene rings is 1. The van der Waals surface area contributed by atoms with Gasteiger partial charge in [0.2, 0.25) is 5.91 Å². The Morgan fingerprint density at radius 1 is 1.30 bits per heavy atom. The fraction of sp³-hybridized carbons (Fsp3) is 0.467. The molecule has 1 aromatic carbocycles. The highest BCUT2D eigenvalue weighted by molar-refractivity contribution is 5.93. The van der Waals surface area contributed by atoms with Gasteiger partial charge in [0.15, 0.2) is 0 Å². The van der Waals surface area contributed by atoms with E-state index < -0.39 is 5.97 Å². The third-order valence-corrected chi connectivity index (χ3v) is 3.70. The van der Waals surface area contributed by atoms with Crippen LogP contribution in [0.1, 0.15) is 18.9 Å². The summed E-state index contributed by atoms with van der Waals surface area (Å²) < 4.78 is 0. The molecule has 108 valence electrons. The number of aryl methyl sites for hydroxylation is 1. The molecule has 0 bridgehead atoms. The van der Waals surface area contributed by atoms with E-state index in [1.165, 1.54) is 0 Å². The van der Waals surface area contributed by atoms with Gasteiger partial charge in [-0.05, 0) is 36.6 Å². The Kier molecular flexibility index (Phi) is 4.74. The number of nitrogens with one attached hydrogen (secondary N) is 2. The number of carboxylic acids is 1. The molecule has 1 aliphatic rings. The zero-order valence-corrected chi connectivity index (χ0v) is 11.6. The number of hydrogen-bond donors (Lipinski definition) is 3. The Morgan fingerprint density at radius 3 is 2.55 bits per heavy atom. The Bertz CT molecular complexity index is 484. The minimum absolute atomic E-state index is 0.0155. The number of hydrogen-bond acceptors (Lipinski definition) is 3. The smallest absolute Gasteiger partial charge is 0.303 e. The Labute approximate surface area is 118 Å². The summed E-state index contributed by atoms with van der Waals surface area (Å²) >= 11 is 0. The van der Waals surface area contributed by atoms with Crippen molar-refractivity contribution in [3.8, 4) is 0 Å². The van der Waals surface area contributed by atoms with Gasteiger partial charge in [-0.15, -0.1) is 0 Å². The van der Waals surface area contributed by atoms with Gasteiger partial charge in [0.1, 0.15) is 0 Å². The molecule has 1 heterocycles. The highest BCUT2D eigenvalue weighted by atomic mass is 16.4. The Hall–Kier alpha value is -1.88. The van der Waals surface area contributed by atoms with E-state index >= 15 is 0 Å². The first kappa shape index (κ1) is 14.5. The molecule has 3 N–H and O–H groups in total. The van der Waals surface area contributed by atoms with Gasteiger partial charge in [-0.3, -0.25) is 9.59 Å². The van der Waals surface area contributed by atoms with Crippen molar-refractivity contribution >= 4 is 17.6 Å². The molecule has 5 heteroatoms. The molecule has 1 aliphatic heterocycles. The van der Waals surface area contributed by atoms with E-state index in [-0.39, 0.29) is 18.2 Å². The third kappa shape index (κ3) is 3.81. The molecular weight excluding hydrogens is 256 g/mol. The molecule has 0 aliphatic carbocycles. The second kappa shape index (κ2) is 6.52. The summed E-state index contributed by atoms with van der Waals surface area (Å²) in [6.45, 7) is 3.68. The van der Waals surface area contributed by atoms with Crippen LogP contribution in [0, 0.1) is 11.8 Å². The minimum Gasteiger partial charge on any atom is -0.481 e. The maximum absolute atomic E-state index is 12.1. The summed E-state index contributed by atoms with van der Waals surface area (Å²) in [4.78, 5) is 22.6. The number of amides is 1. The van der Waals surface area contributed by atoms with Crippen molar-refractivity contribution in [2.24, 2.45) is 11.8 Å². The first-order chi connectivity index (χ1) is 9.56. The molecule has 0 radical (unpaired) electrons. The second-order valence-corrected chi connectivity index (χ2v) is 5.32. The predicted molar refractivity (Wildman–Crippen MR) is 76.6 cm³/mol. The average Bonchev–Trinajstić information content (AvgIpc) is 2.84. The predicted octanol–water partition coefficient (Wildman–Crippen LogP) is 1.50. The summed E-state index contributed by atoms with van der Waals surface area (Å²) in [6, 6.07) is 7.36. The summed E-state index contributed by atoms with van der Waals surface area (Å²) in [7, 11) is 0. The molecule has 5 nitrogen and oxygen atoms in total. The second-order valence-electron chi connectivity index (χ2n) is 5.32. The highest BCUT2D eigenvalue weighted by Crippen LogP contribution is 2.19. The van der Waals surface area contributed by atoms with Crippen molar-refractivity contribution in [1.29, 1.82) is 0 Å². The standard InChI is InChI=1S/C15H20N2O3/c1-10-8-16-9-13(10)15(20)17-12-5-2-11(3-6-12)4-7-14(18)19/h2-3,5-6,10,13,16H,4,7-9H2,1H3,(H,17,20)(H,18,19)/t10-,13-/m1/s1. The number of aliphatic carboxylic acids is 1. The van der Waals surface area contributed by atoms with Crippen LogP contribution in [0.3, 0.4) is 0 Å². The number of carboxylic acid groups (broad SMARTS) is 1. The van der Waals surface area contributed by atoms with Gasteiger partial charge in [0.05, 0.1) is 5.92 Å². The third-order valence-electron chi connectivity index (χ3n) is 3.70. The van der Waals surface area contributed by atoms with Gasteiger partial charge in [0, 0.05) is 18.7 Å². The van der Waals surface area contributed by atoms with Crippen LogP contribution in [-0.2, 0) is 16.0 Å². The van der Waals surface area contributed by atoms with Gasteiger partial charge >= 0.3 is 5.97 Å². The lowest BCUT2D eigenvalue weighted by Gasteiger charge is -2.14. The minimum atomic E-state index is -0.801. The zero-order chi connectivity index (χ0) is 14.5. The van der Waals surface area contributed by atoms with Crippen molar-refractivity contribution in [1.82, 2.24) is 5.32 Å². The van der Waals surface area contributed by atoms with Crippen LogP contribution < -0.4 is 10.6 Å². The Balaban J connectivity index is 1.90. The quantitative estimate of drug-likeness (QED) is 0.761. The van der Waals surface area contributed by atoms with Gasteiger partial charge in [-0.1, -0.05) is 19.1 Å². The van der Waals surface area contributed by atoms with Crippen molar-refractivity contribution in [2.75, 3.05) is 18.4 Å². The highest BCUT2D eigenvalue weighted by Gasteiger charge is 2.29. The first-order valence-corrected chi connectivity index (χ1v) is 6.88. The number of rotatable bonds is 5. The summed E-state index contributed by atoms with van der Waals surface area (Å²) in [5, 5.41) is 14.8. The summed E-state index contributed by atoms with van der Waals surface area (Å²) in [5.41, 5.74) is 1.72. The molecule has 1 amide bonds. The fourth-order valence-electron chi connectivity index (χ4n) is 2.40. The number of carbonyl (C=O) groups excluding carboxylic acids is 1. The van der Waals surface area contributed by atoms with Crippen LogP contribution in [0.4, 0.5) is 5.69 Å². The topological polar surface area (TPSA) is 78.4 Å². The van der Waals surface area contributed by atoms with Crippen molar-refractivity contribution < 1.29 is 14.7 Å². The molecule has 2 atom stereocenters. The molecule has 20 heavy (non-hydrogen) atoms. The molecule has 1 saturated heterocycles. The van der Waals surface area contributed by atoms with Gasteiger partial charge in [0.25, 0.3) is 0 Å². The monoisotopic (exact) mass is 276 g/mol. The molecule has 2 rings (SSSR count). The molecule has 1 aromatic rings. The maximum Gasteiger partial charge on any atom is 0.303 e. The van der Waals surface area contributed by atoms with Gasteiger partial charge in [-0.2, -0.15) is 0 Å². The van der Waals surface area contributed by atoms with E-state index in [1.807, 2.05) is 24.3 Å². The lowest BCUT2D eigenvalue weighted by molar-refractivity contribution is -0.137. The largest absolute Gasteiger partial charge is 0.481 e. The van der Waals surface area contributed by atoms with Crippen molar-refractivity contribution in [3.63, 3.8) is 0 Å². The van der Waals surface area contributed by atoms with Crippen LogP contribution in [0.2, 0.25) is 0 Å². The van der Waals surface area contributed by atoms with Crippen LogP contribution in [0.25, 0.3) is 0 Å². The summed E-state index contributed by atoms with van der Waals surface area (Å²) in [5.74, 6) is -0.391. The molecule has 0 saturated carbocycles. The van der Waals surface area contributed by atoms with Crippen LogP contribution in [0.15, 0.2) is 24.3 Å².